The van der Waals surface area contributed by atoms with Crippen LogP contribution in [0.15, 0.2) is 18.2 Å². The first-order valence-corrected chi connectivity index (χ1v) is 4.69. The largest absolute Gasteiger partial charge is 0.497 e. The van der Waals surface area contributed by atoms with Crippen molar-refractivity contribution in [1.82, 2.24) is 0 Å². The van der Waals surface area contributed by atoms with Crippen LogP contribution in [0.2, 0.25) is 0 Å². The highest BCUT2D eigenvalue weighted by molar-refractivity contribution is 5.79. The normalized spacial score (nSPS) is 11.9. The van der Waals surface area contributed by atoms with Crippen LogP contribution in [0.4, 0.5) is 0 Å². The third-order valence-electron chi connectivity index (χ3n) is 2.23. The Hall–Kier alpha value is -1.88. The Labute approximate surface area is 92.8 Å². The summed E-state index contributed by atoms with van der Waals surface area (Å²) in [7, 11) is 1.50. The minimum atomic E-state index is -1.10. The van der Waals surface area contributed by atoms with Gasteiger partial charge in [0.1, 0.15) is 18.1 Å². The van der Waals surface area contributed by atoms with Gasteiger partial charge in [-0.05, 0) is 30.2 Å². The van der Waals surface area contributed by atoms with E-state index in [0.717, 1.165) is 0 Å². The number of hydrogen-bond acceptors (Lipinski definition) is 4. The summed E-state index contributed by atoms with van der Waals surface area (Å²) < 4.78 is 4.99. The van der Waals surface area contributed by atoms with Crippen LogP contribution in [0.25, 0.3) is 0 Å². The number of benzene rings is 1. The third-order valence-corrected chi connectivity index (χ3v) is 2.23. The van der Waals surface area contributed by atoms with Gasteiger partial charge in [0, 0.05) is 5.56 Å². The van der Waals surface area contributed by atoms with Crippen LogP contribution in [0.3, 0.4) is 0 Å². The lowest BCUT2D eigenvalue weighted by molar-refractivity contribution is -0.138. The van der Waals surface area contributed by atoms with Gasteiger partial charge in [-0.1, -0.05) is 0 Å². The van der Waals surface area contributed by atoms with E-state index in [2.05, 4.69) is 0 Å². The lowest BCUT2D eigenvalue weighted by Crippen LogP contribution is -2.32. The number of hydrogen-bond donors (Lipinski definition) is 2. The first kappa shape index (κ1) is 12.2. The summed E-state index contributed by atoms with van der Waals surface area (Å²) in [5.41, 5.74) is 6.41. The maximum atomic E-state index is 10.7. The predicted molar refractivity (Wildman–Crippen MR) is 57.7 cm³/mol. The molecule has 1 aromatic carbocycles. The number of ether oxygens (including phenoxy) is 1. The topological polar surface area (TPSA) is 89.6 Å². The molecule has 3 N–H and O–H groups in total. The molecule has 0 saturated heterocycles. The Morgan fingerprint density at radius 1 is 1.62 bits per heavy atom. The number of methoxy groups -OCH3 is 1. The van der Waals surface area contributed by atoms with Gasteiger partial charge in [0.05, 0.1) is 7.11 Å². The molecular formula is C11H13NO4. The lowest BCUT2D eigenvalue weighted by atomic mass is 10.0. The number of nitrogens with two attached hydrogens (primary N) is 1. The molecule has 1 unspecified atom stereocenters. The minimum Gasteiger partial charge on any atom is -0.497 e. The van der Waals surface area contributed by atoms with Crippen LogP contribution in [0.1, 0.15) is 15.9 Å². The van der Waals surface area contributed by atoms with Crippen molar-refractivity contribution in [1.29, 1.82) is 0 Å². The lowest BCUT2D eigenvalue weighted by Gasteiger charge is -2.10. The van der Waals surface area contributed by atoms with E-state index in [1.54, 1.807) is 18.2 Å². The van der Waals surface area contributed by atoms with Crippen LogP contribution >= 0.6 is 0 Å². The molecule has 0 bridgehead atoms. The summed E-state index contributed by atoms with van der Waals surface area (Å²) in [5, 5.41) is 8.69. The van der Waals surface area contributed by atoms with Crippen LogP contribution in [-0.2, 0) is 11.2 Å². The fraction of sp³-hybridized carbons (Fsp3) is 0.273. The molecule has 0 heterocycles. The average molecular weight is 223 g/mol. The highest BCUT2D eigenvalue weighted by Crippen LogP contribution is 2.17. The maximum Gasteiger partial charge on any atom is 0.320 e. The van der Waals surface area contributed by atoms with E-state index in [-0.39, 0.29) is 6.42 Å². The van der Waals surface area contributed by atoms with E-state index >= 15 is 0 Å². The molecule has 0 saturated carbocycles. The standard InChI is InChI=1S/C11H13NO4/c1-16-9-3-2-7(6-13)8(4-9)5-10(12)11(14)15/h2-4,6,10H,5,12H2,1H3,(H,14,15). The van der Waals surface area contributed by atoms with Crippen molar-refractivity contribution in [3.05, 3.63) is 29.3 Å². The van der Waals surface area contributed by atoms with Crippen molar-refractivity contribution < 1.29 is 19.4 Å². The summed E-state index contributed by atoms with van der Waals surface area (Å²) in [6.45, 7) is 0. The van der Waals surface area contributed by atoms with E-state index < -0.39 is 12.0 Å². The first-order chi connectivity index (χ1) is 7.58. The fourth-order valence-corrected chi connectivity index (χ4v) is 1.33. The Bertz CT molecular complexity index is 403. The Morgan fingerprint density at radius 2 is 2.31 bits per heavy atom. The van der Waals surface area contributed by atoms with Crippen LogP contribution < -0.4 is 10.5 Å². The molecule has 5 nitrogen and oxygen atoms in total. The Balaban J connectivity index is 2.99. The van der Waals surface area contributed by atoms with Gasteiger partial charge in [-0.25, -0.2) is 0 Å². The van der Waals surface area contributed by atoms with Crippen molar-refractivity contribution >= 4 is 12.3 Å². The molecule has 1 rings (SSSR count). The predicted octanol–water partition coefficient (Wildman–Crippen LogP) is 0.462. The summed E-state index contributed by atoms with van der Waals surface area (Å²) in [5.74, 6) is -0.530. The fourth-order valence-electron chi connectivity index (χ4n) is 1.33. The number of carboxylic acid groups (broad SMARTS) is 1. The monoisotopic (exact) mass is 223 g/mol. The molecule has 1 aromatic rings. The summed E-state index contributed by atoms with van der Waals surface area (Å²) in [6, 6.07) is 3.81. The second kappa shape index (κ2) is 5.27. The molecule has 16 heavy (non-hydrogen) atoms. The molecule has 0 spiro atoms. The van der Waals surface area contributed by atoms with Crippen molar-refractivity contribution in [3.8, 4) is 5.75 Å². The highest BCUT2D eigenvalue weighted by atomic mass is 16.5. The van der Waals surface area contributed by atoms with Crippen molar-refractivity contribution in [2.24, 2.45) is 5.73 Å². The van der Waals surface area contributed by atoms with Gasteiger partial charge in [0.15, 0.2) is 0 Å². The molecule has 0 aliphatic rings. The number of carboxylic acids is 1. The zero-order chi connectivity index (χ0) is 12.1. The van der Waals surface area contributed by atoms with Gasteiger partial charge in [-0.2, -0.15) is 0 Å². The van der Waals surface area contributed by atoms with Gasteiger partial charge in [-0.3, -0.25) is 9.59 Å². The number of rotatable bonds is 5. The molecule has 0 amide bonds. The Kier molecular flexibility index (Phi) is 4.02. The molecule has 1 atom stereocenters. The van der Waals surface area contributed by atoms with Crippen LogP contribution in [0.5, 0.6) is 5.75 Å². The van der Waals surface area contributed by atoms with E-state index in [9.17, 15) is 9.59 Å². The third kappa shape index (κ3) is 2.80. The molecule has 0 radical (unpaired) electrons. The first-order valence-electron chi connectivity index (χ1n) is 4.69. The molecule has 5 heteroatoms. The quantitative estimate of drug-likeness (QED) is 0.708. The van der Waals surface area contributed by atoms with Crippen molar-refractivity contribution in [3.63, 3.8) is 0 Å². The second-order valence-electron chi connectivity index (χ2n) is 3.33. The summed E-state index contributed by atoms with van der Waals surface area (Å²) in [6.07, 6.45) is 0.768. The SMILES string of the molecule is COc1ccc(C=O)c(CC(N)C(=O)O)c1. The zero-order valence-electron chi connectivity index (χ0n) is 8.84. The number of carbonyl (C=O) groups is 2. The molecule has 0 aromatic heterocycles. The Morgan fingerprint density at radius 3 is 2.81 bits per heavy atom. The molecule has 0 aliphatic heterocycles. The van der Waals surface area contributed by atoms with Crippen molar-refractivity contribution in [2.45, 2.75) is 12.5 Å². The van der Waals surface area contributed by atoms with E-state index in [0.29, 0.717) is 23.2 Å². The number of aldehydes is 1. The van der Waals surface area contributed by atoms with E-state index in [1.165, 1.54) is 7.11 Å². The molecule has 0 fully saturated rings. The van der Waals surface area contributed by atoms with E-state index in [1.807, 2.05) is 0 Å². The van der Waals surface area contributed by atoms with Gasteiger partial charge < -0.3 is 15.6 Å². The number of carbonyl (C=O) groups excluding carboxylic acids is 1. The molecule has 0 aliphatic carbocycles. The smallest absolute Gasteiger partial charge is 0.320 e. The van der Waals surface area contributed by atoms with Crippen LogP contribution in [-0.4, -0.2) is 30.5 Å². The van der Waals surface area contributed by atoms with Gasteiger partial charge >= 0.3 is 5.97 Å². The van der Waals surface area contributed by atoms with E-state index in [4.69, 9.17) is 15.6 Å². The summed E-state index contributed by atoms with van der Waals surface area (Å²) in [4.78, 5) is 21.4. The van der Waals surface area contributed by atoms with Gasteiger partial charge in [-0.15, -0.1) is 0 Å². The molecular weight excluding hydrogens is 210 g/mol. The zero-order valence-corrected chi connectivity index (χ0v) is 8.84. The maximum absolute atomic E-state index is 10.7. The second-order valence-corrected chi connectivity index (χ2v) is 3.33. The van der Waals surface area contributed by atoms with Gasteiger partial charge in [0.2, 0.25) is 0 Å². The van der Waals surface area contributed by atoms with Crippen molar-refractivity contribution in [2.75, 3.05) is 7.11 Å². The summed E-state index contributed by atoms with van der Waals surface area (Å²) >= 11 is 0. The average Bonchev–Trinajstić information content (AvgIpc) is 2.28. The van der Waals surface area contributed by atoms with Gasteiger partial charge in [0.25, 0.3) is 0 Å². The number of aliphatic carboxylic acids is 1. The minimum absolute atomic E-state index is 0.0978. The molecule has 86 valence electrons. The highest BCUT2D eigenvalue weighted by Gasteiger charge is 2.14. The van der Waals surface area contributed by atoms with Crippen LogP contribution in [0, 0.1) is 0 Å².